The molecule has 0 saturated heterocycles. The molecule has 0 fully saturated rings. The largest absolute Gasteiger partial charge is 0.497 e. The van der Waals surface area contributed by atoms with E-state index in [1.54, 1.807) is 7.11 Å². The molecule has 37 heavy (non-hydrogen) atoms. The number of methoxy groups -OCH3 is 1. The van der Waals surface area contributed by atoms with Gasteiger partial charge in [-0.1, -0.05) is 92.8 Å². The molecule has 0 spiro atoms. The first-order chi connectivity index (χ1) is 17.8. The lowest BCUT2D eigenvalue weighted by Gasteiger charge is -2.30. The van der Waals surface area contributed by atoms with Gasteiger partial charge < -0.3 is 4.74 Å². The highest BCUT2D eigenvalue weighted by Gasteiger charge is 2.32. The van der Waals surface area contributed by atoms with Crippen molar-refractivity contribution in [2.75, 3.05) is 7.11 Å². The van der Waals surface area contributed by atoms with Crippen LogP contribution in [0.3, 0.4) is 0 Å². The number of rotatable bonds is 3. The average molecular weight is 507 g/mol. The van der Waals surface area contributed by atoms with Gasteiger partial charge in [0.25, 0.3) is 5.56 Å². The summed E-state index contributed by atoms with van der Waals surface area (Å²) in [6.45, 7) is 6.62. The molecule has 4 aromatic rings. The Morgan fingerprint density at radius 2 is 1.70 bits per heavy atom. The van der Waals surface area contributed by atoms with Crippen molar-refractivity contribution in [1.29, 1.82) is 0 Å². The number of benzene rings is 3. The molecule has 0 amide bonds. The zero-order chi connectivity index (χ0) is 25.7. The molecule has 5 heteroatoms. The van der Waals surface area contributed by atoms with Crippen LogP contribution in [0.15, 0.2) is 88.2 Å². The average Bonchev–Trinajstić information content (AvgIpc) is 3.21. The van der Waals surface area contributed by atoms with Crippen molar-refractivity contribution in [3.8, 4) is 5.75 Å². The highest BCUT2D eigenvalue weighted by atomic mass is 32.1. The van der Waals surface area contributed by atoms with Gasteiger partial charge in [0.05, 0.1) is 23.4 Å². The number of thiazole rings is 1. The van der Waals surface area contributed by atoms with Crippen LogP contribution in [0.4, 0.5) is 0 Å². The van der Waals surface area contributed by atoms with Crippen LogP contribution in [-0.4, -0.2) is 11.7 Å². The summed E-state index contributed by atoms with van der Waals surface area (Å²) in [5.74, 6) is 0.804. The van der Waals surface area contributed by atoms with Crippen LogP contribution in [0.1, 0.15) is 61.1 Å². The van der Waals surface area contributed by atoms with Gasteiger partial charge >= 0.3 is 0 Å². The molecular formula is C32H30N2O2S. The Labute approximate surface area is 220 Å². The lowest BCUT2D eigenvalue weighted by Crippen LogP contribution is -2.38. The molecule has 0 unspecified atom stereocenters. The van der Waals surface area contributed by atoms with Crippen molar-refractivity contribution in [1.82, 2.24) is 4.57 Å². The molecular weight excluding hydrogens is 476 g/mol. The number of ether oxygens (including phenoxy) is 1. The van der Waals surface area contributed by atoms with E-state index in [0.29, 0.717) is 4.53 Å². The van der Waals surface area contributed by atoms with E-state index in [1.165, 1.54) is 33.6 Å². The first-order valence-corrected chi connectivity index (χ1v) is 13.5. The maximum Gasteiger partial charge on any atom is 0.271 e. The fourth-order valence-corrected chi connectivity index (χ4v) is 6.34. The van der Waals surface area contributed by atoms with E-state index in [2.05, 4.69) is 81.4 Å². The molecule has 1 aromatic heterocycles. The Kier molecular flexibility index (Phi) is 5.76. The molecule has 0 saturated carbocycles. The highest BCUT2D eigenvalue weighted by molar-refractivity contribution is 7.07. The minimum absolute atomic E-state index is 0.00914. The Bertz CT molecular complexity index is 1700. The van der Waals surface area contributed by atoms with Crippen LogP contribution >= 0.6 is 11.3 Å². The van der Waals surface area contributed by atoms with Gasteiger partial charge in [-0.05, 0) is 64.3 Å². The fraction of sp³-hybridized carbons (Fsp3) is 0.250. The van der Waals surface area contributed by atoms with Crippen LogP contribution < -0.4 is 19.6 Å². The van der Waals surface area contributed by atoms with Gasteiger partial charge in [0, 0.05) is 5.56 Å². The monoisotopic (exact) mass is 506 g/mol. The third-order valence-electron chi connectivity index (χ3n) is 7.38. The van der Waals surface area contributed by atoms with Gasteiger partial charge in [-0.2, -0.15) is 0 Å². The minimum atomic E-state index is -0.184. The van der Waals surface area contributed by atoms with E-state index in [-0.39, 0.29) is 17.0 Å². The molecule has 2 heterocycles. The first kappa shape index (κ1) is 23.7. The van der Waals surface area contributed by atoms with E-state index in [1.807, 2.05) is 22.8 Å². The summed E-state index contributed by atoms with van der Waals surface area (Å²) in [6, 6.07) is 24.9. The number of fused-ring (bicyclic) bond motifs is 3. The third-order valence-corrected chi connectivity index (χ3v) is 8.36. The standard InChI is InChI=1S/C32H30N2O2S/c1-32(2,3)23-14-9-20(10-15-23)19-27-30(35)34-29(22-11-16-24(36-4)17-12-22)26-18-13-21-7-5-6-8-25(21)28(26)33-31(34)37-27/h5-12,14-17,19,29H,13,18H2,1-4H3/b27-19-/t29-/m0/s1. The number of hydrogen-bond acceptors (Lipinski definition) is 4. The van der Waals surface area contributed by atoms with E-state index < -0.39 is 0 Å². The normalized spacial score (nSPS) is 17.1. The number of nitrogens with zero attached hydrogens (tertiary/aromatic N) is 2. The zero-order valence-electron chi connectivity index (χ0n) is 21.6. The van der Waals surface area contributed by atoms with Crippen LogP contribution in [0.25, 0.3) is 11.8 Å². The topological polar surface area (TPSA) is 43.6 Å². The van der Waals surface area contributed by atoms with Crippen molar-refractivity contribution in [2.24, 2.45) is 4.99 Å². The molecule has 4 nitrogen and oxygen atoms in total. The Morgan fingerprint density at radius 3 is 2.41 bits per heavy atom. The molecule has 0 radical (unpaired) electrons. The molecule has 1 atom stereocenters. The SMILES string of the molecule is COc1ccc([C@H]2C3=C(N=c4s/c(=C\c5ccc(C(C)(C)C)cc5)c(=O)n42)c2ccccc2CC3)cc1. The molecule has 186 valence electrons. The fourth-order valence-electron chi connectivity index (χ4n) is 5.34. The van der Waals surface area contributed by atoms with Crippen LogP contribution in [0.5, 0.6) is 5.75 Å². The molecule has 6 rings (SSSR count). The molecule has 3 aromatic carbocycles. The highest BCUT2D eigenvalue weighted by Crippen LogP contribution is 2.41. The van der Waals surface area contributed by atoms with E-state index >= 15 is 0 Å². The number of aromatic nitrogens is 1. The summed E-state index contributed by atoms with van der Waals surface area (Å²) in [7, 11) is 1.67. The molecule has 1 aliphatic carbocycles. The van der Waals surface area contributed by atoms with E-state index in [0.717, 1.165) is 40.2 Å². The summed E-state index contributed by atoms with van der Waals surface area (Å²) < 4.78 is 8.00. The van der Waals surface area contributed by atoms with Crippen LogP contribution in [0.2, 0.25) is 0 Å². The summed E-state index contributed by atoms with van der Waals surface area (Å²) in [5, 5.41) is 0. The van der Waals surface area contributed by atoms with Crippen molar-refractivity contribution in [2.45, 2.75) is 45.1 Å². The summed E-state index contributed by atoms with van der Waals surface area (Å²) >= 11 is 1.47. The molecule has 0 N–H and O–H groups in total. The minimum Gasteiger partial charge on any atom is -0.497 e. The number of allylic oxidation sites excluding steroid dienone is 1. The van der Waals surface area contributed by atoms with Gasteiger partial charge in [-0.15, -0.1) is 0 Å². The van der Waals surface area contributed by atoms with Crippen molar-refractivity contribution < 1.29 is 4.74 Å². The predicted octanol–water partition coefficient (Wildman–Crippen LogP) is 5.62. The smallest absolute Gasteiger partial charge is 0.271 e. The number of aryl methyl sites for hydroxylation is 1. The van der Waals surface area contributed by atoms with E-state index in [4.69, 9.17) is 9.73 Å². The lowest BCUT2D eigenvalue weighted by molar-refractivity contribution is 0.414. The van der Waals surface area contributed by atoms with Crippen LogP contribution in [0, 0.1) is 0 Å². The molecule has 2 aliphatic rings. The van der Waals surface area contributed by atoms with Gasteiger partial charge in [-0.25, -0.2) is 4.99 Å². The Morgan fingerprint density at radius 1 is 0.973 bits per heavy atom. The first-order valence-electron chi connectivity index (χ1n) is 12.7. The van der Waals surface area contributed by atoms with Gasteiger partial charge in [-0.3, -0.25) is 9.36 Å². The Hall–Kier alpha value is -3.70. The summed E-state index contributed by atoms with van der Waals surface area (Å²) in [6.07, 6.45) is 3.82. The predicted molar refractivity (Wildman–Crippen MR) is 151 cm³/mol. The quantitative estimate of drug-likeness (QED) is 0.362. The van der Waals surface area contributed by atoms with Crippen molar-refractivity contribution >= 4 is 23.1 Å². The Balaban J connectivity index is 1.54. The second-order valence-electron chi connectivity index (χ2n) is 10.8. The second-order valence-corrected chi connectivity index (χ2v) is 11.8. The van der Waals surface area contributed by atoms with Crippen LogP contribution in [-0.2, 0) is 11.8 Å². The lowest BCUT2D eigenvalue weighted by atomic mass is 9.83. The summed E-state index contributed by atoms with van der Waals surface area (Å²) in [4.78, 5) is 19.8. The third kappa shape index (κ3) is 4.17. The summed E-state index contributed by atoms with van der Waals surface area (Å²) in [5.41, 5.74) is 8.19. The van der Waals surface area contributed by atoms with Gasteiger partial charge in [0.15, 0.2) is 4.80 Å². The maximum absolute atomic E-state index is 13.9. The van der Waals surface area contributed by atoms with Gasteiger partial charge in [0.1, 0.15) is 5.75 Å². The number of hydrogen-bond donors (Lipinski definition) is 0. The van der Waals surface area contributed by atoms with E-state index in [9.17, 15) is 4.79 Å². The van der Waals surface area contributed by atoms with Crippen molar-refractivity contribution in [3.05, 3.63) is 126 Å². The molecule has 1 aliphatic heterocycles. The zero-order valence-corrected chi connectivity index (χ0v) is 22.4. The molecule has 0 bridgehead atoms. The van der Waals surface area contributed by atoms with Crippen molar-refractivity contribution in [3.63, 3.8) is 0 Å². The maximum atomic E-state index is 13.9. The van der Waals surface area contributed by atoms with Gasteiger partial charge in [0.2, 0.25) is 0 Å². The second kappa shape index (κ2) is 9.00.